The average molecular weight is 473 g/mol. The number of hydrogen-bond acceptors (Lipinski definition) is 7. The standard InChI is InChI=1S/C22H28N6O4S/c1-22(2)13-15-5-3-10-26-12-9-18(24-26)33(31,32)25-21(30)16-7-8-17(23-20(16)28(22)14-15)27-11-4-6-19(27)29/h7-9,12,15H,3-6,10-11,13-14H2,1-2H3,(H,25,30). The van der Waals surface area contributed by atoms with Crippen LogP contribution in [0.15, 0.2) is 29.4 Å². The quantitative estimate of drug-likeness (QED) is 0.674. The minimum Gasteiger partial charge on any atom is -0.350 e. The maximum Gasteiger partial charge on any atom is 0.283 e. The predicted octanol–water partition coefficient (Wildman–Crippen LogP) is 1.92. The van der Waals surface area contributed by atoms with E-state index in [1.807, 2.05) is 0 Å². The minimum absolute atomic E-state index is 0.00418. The van der Waals surface area contributed by atoms with Crippen molar-refractivity contribution in [3.05, 3.63) is 30.0 Å². The Bertz CT molecular complexity index is 1220. The van der Waals surface area contributed by atoms with Gasteiger partial charge in [0.25, 0.3) is 15.9 Å². The predicted molar refractivity (Wildman–Crippen MR) is 121 cm³/mol. The summed E-state index contributed by atoms with van der Waals surface area (Å²) in [5.41, 5.74) is -0.114. The fraction of sp³-hybridized carbons (Fsp3) is 0.545. The molecule has 0 aromatic carbocycles. The molecule has 1 unspecified atom stereocenters. The second-order valence-electron chi connectivity index (χ2n) is 9.68. The number of nitrogens with one attached hydrogen (secondary N) is 1. The van der Waals surface area contributed by atoms with Crippen LogP contribution in [0.4, 0.5) is 11.6 Å². The number of anilines is 2. The molecule has 3 aliphatic rings. The maximum atomic E-state index is 13.2. The summed E-state index contributed by atoms with van der Waals surface area (Å²) >= 11 is 0. The van der Waals surface area contributed by atoms with E-state index < -0.39 is 15.9 Å². The minimum atomic E-state index is -4.14. The van der Waals surface area contributed by atoms with Gasteiger partial charge in [-0.3, -0.25) is 19.2 Å². The monoisotopic (exact) mass is 472 g/mol. The van der Waals surface area contributed by atoms with E-state index in [-0.39, 0.29) is 22.0 Å². The van der Waals surface area contributed by atoms with Gasteiger partial charge in [-0.25, -0.2) is 9.71 Å². The molecule has 11 heteroatoms. The van der Waals surface area contributed by atoms with Gasteiger partial charge in [0.2, 0.25) is 5.91 Å². The smallest absolute Gasteiger partial charge is 0.283 e. The second-order valence-corrected chi connectivity index (χ2v) is 11.3. The number of carbonyl (C=O) groups excluding carboxylic acids is 2. The van der Waals surface area contributed by atoms with Crippen molar-refractivity contribution in [2.45, 2.75) is 63.1 Å². The number of aromatic nitrogens is 3. The lowest BCUT2D eigenvalue weighted by Gasteiger charge is -2.34. The molecule has 2 aromatic heterocycles. The molecule has 0 spiro atoms. The highest BCUT2D eigenvalue weighted by Gasteiger charge is 2.41. The fourth-order valence-electron chi connectivity index (χ4n) is 5.20. The normalized spacial score (nSPS) is 24.4. The second kappa shape index (κ2) is 7.82. The molecule has 0 aliphatic carbocycles. The van der Waals surface area contributed by atoms with E-state index >= 15 is 0 Å². The van der Waals surface area contributed by atoms with Crippen LogP contribution in [0.1, 0.15) is 56.3 Å². The molecule has 1 atom stereocenters. The molecule has 2 fully saturated rings. The third-order valence-corrected chi connectivity index (χ3v) is 8.01. The number of amides is 2. The van der Waals surface area contributed by atoms with Crippen LogP contribution in [0.3, 0.4) is 0 Å². The van der Waals surface area contributed by atoms with Crippen molar-refractivity contribution < 1.29 is 18.0 Å². The molecule has 3 aliphatic heterocycles. The molecule has 2 saturated heterocycles. The van der Waals surface area contributed by atoms with Crippen molar-refractivity contribution in [2.24, 2.45) is 5.92 Å². The van der Waals surface area contributed by atoms with E-state index in [4.69, 9.17) is 4.98 Å². The molecule has 0 saturated carbocycles. The zero-order valence-corrected chi connectivity index (χ0v) is 19.6. The van der Waals surface area contributed by atoms with Crippen LogP contribution in [0.2, 0.25) is 0 Å². The van der Waals surface area contributed by atoms with Gasteiger partial charge < -0.3 is 4.90 Å². The first-order valence-electron chi connectivity index (χ1n) is 11.3. The molecular formula is C22H28N6O4S. The van der Waals surface area contributed by atoms with Gasteiger partial charge in [0.05, 0.1) is 5.56 Å². The van der Waals surface area contributed by atoms with Crippen molar-refractivity contribution >= 4 is 33.5 Å². The fourth-order valence-corrected chi connectivity index (χ4v) is 6.11. The number of rotatable bonds is 1. The summed E-state index contributed by atoms with van der Waals surface area (Å²) in [4.78, 5) is 34.0. The van der Waals surface area contributed by atoms with Gasteiger partial charge in [-0.1, -0.05) is 0 Å². The number of hydrogen-bond donors (Lipinski definition) is 1. The number of carbonyl (C=O) groups is 2. The van der Waals surface area contributed by atoms with Crippen molar-refractivity contribution in [1.82, 2.24) is 19.5 Å². The highest BCUT2D eigenvalue weighted by Crippen LogP contribution is 2.40. The highest BCUT2D eigenvalue weighted by molar-refractivity contribution is 7.90. The van der Waals surface area contributed by atoms with Gasteiger partial charge in [-0.15, -0.1) is 0 Å². The summed E-state index contributed by atoms with van der Waals surface area (Å²) in [5.74, 6) is 0.546. The molecule has 1 N–H and O–H groups in total. The van der Waals surface area contributed by atoms with E-state index in [2.05, 4.69) is 28.6 Å². The van der Waals surface area contributed by atoms with Gasteiger partial charge in [-0.05, 0) is 63.6 Å². The zero-order chi connectivity index (χ0) is 23.4. The van der Waals surface area contributed by atoms with Crippen LogP contribution >= 0.6 is 0 Å². The lowest BCUT2D eigenvalue weighted by molar-refractivity contribution is -0.117. The Morgan fingerprint density at radius 2 is 1.94 bits per heavy atom. The van der Waals surface area contributed by atoms with Crippen LogP contribution in [0.25, 0.3) is 0 Å². The summed E-state index contributed by atoms with van der Waals surface area (Å²) in [7, 11) is -4.14. The van der Waals surface area contributed by atoms with Gasteiger partial charge >= 0.3 is 0 Å². The number of nitrogens with zero attached hydrogens (tertiary/aromatic N) is 5. The molecule has 0 radical (unpaired) electrons. The van der Waals surface area contributed by atoms with Crippen LogP contribution < -0.4 is 14.5 Å². The van der Waals surface area contributed by atoms with Crippen molar-refractivity contribution in [3.8, 4) is 0 Å². The molecule has 2 aromatic rings. The van der Waals surface area contributed by atoms with Gasteiger partial charge in [-0.2, -0.15) is 13.5 Å². The number of aryl methyl sites for hydroxylation is 1. The summed E-state index contributed by atoms with van der Waals surface area (Å²) in [6.45, 7) is 6.11. The highest BCUT2D eigenvalue weighted by atomic mass is 32.2. The summed E-state index contributed by atoms with van der Waals surface area (Å²) < 4.78 is 29.4. The first-order valence-corrected chi connectivity index (χ1v) is 12.8. The number of fused-ring (bicyclic) bond motifs is 6. The average Bonchev–Trinajstić information content (AvgIpc) is 3.45. The molecule has 4 bridgehead atoms. The zero-order valence-electron chi connectivity index (χ0n) is 18.8. The molecule has 2 amide bonds. The van der Waals surface area contributed by atoms with E-state index in [0.717, 1.165) is 25.7 Å². The number of pyridine rings is 1. The van der Waals surface area contributed by atoms with E-state index in [9.17, 15) is 18.0 Å². The van der Waals surface area contributed by atoms with E-state index in [0.29, 0.717) is 43.6 Å². The molecule has 10 nitrogen and oxygen atoms in total. The molecular weight excluding hydrogens is 444 g/mol. The molecule has 5 rings (SSSR count). The van der Waals surface area contributed by atoms with Gasteiger partial charge in [0.15, 0.2) is 5.03 Å². The van der Waals surface area contributed by atoms with Crippen LogP contribution in [0, 0.1) is 5.92 Å². The van der Waals surface area contributed by atoms with Gasteiger partial charge in [0.1, 0.15) is 11.6 Å². The van der Waals surface area contributed by atoms with Crippen LogP contribution in [-0.4, -0.2) is 53.6 Å². The Morgan fingerprint density at radius 3 is 2.70 bits per heavy atom. The number of sulfonamides is 1. The summed E-state index contributed by atoms with van der Waals surface area (Å²) in [6.07, 6.45) is 5.60. The third kappa shape index (κ3) is 3.98. The topological polar surface area (TPSA) is 118 Å². The molecule has 176 valence electrons. The Labute approximate surface area is 193 Å². The van der Waals surface area contributed by atoms with Crippen molar-refractivity contribution in [1.29, 1.82) is 0 Å². The van der Waals surface area contributed by atoms with Gasteiger partial charge in [0, 0.05) is 37.8 Å². The summed E-state index contributed by atoms with van der Waals surface area (Å²) in [5, 5.41) is 3.96. The Kier molecular flexibility index (Phi) is 5.19. The van der Waals surface area contributed by atoms with Crippen molar-refractivity contribution in [2.75, 3.05) is 22.9 Å². The van der Waals surface area contributed by atoms with Crippen LogP contribution in [-0.2, 0) is 21.4 Å². The third-order valence-electron chi connectivity index (χ3n) is 6.79. The Hall–Kier alpha value is -2.95. The summed E-state index contributed by atoms with van der Waals surface area (Å²) in [6, 6.07) is 4.59. The Balaban J connectivity index is 1.61. The molecule has 33 heavy (non-hydrogen) atoms. The lowest BCUT2D eigenvalue weighted by Crippen LogP contribution is -2.41. The van der Waals surface area contributed by atoms with Crippen molar-refractivity contribution in [3.63, 3.8) is 0 Å². The van der Waals surface area contributed by atoms with Crippen LogP contribution in [0.5, 0.6) is 0 Å². The SMILES string of the molecule is CC1(C)CC2CCCn3ccc(n3)S(=O)(=O)NC(=O)c3ccc(N4CCCC4=O)nc3N1C2. The largest absolute Gasteiger partial charge is 0.350 e. The maximum absolute atomic E-state index is 13.2. The van der Waals surface area contributed by atoms with E-state index in [1.165, 1.54) is 6.07 Å². The first-order chi connectivity index (χ1) is 15.6. The Morgan fingerprint density at radius 1 is 1.12 bits per heavy atom. The first kappa shape index (κ1) is 21.9. The lowest BCUT2D eigenvalue weighted by atomic mass is 9.93. The van der Waals surface area contributed by atoms with E-state index in [1.54, 1.807) is 27.9 Å². The molecule has 5 heterocycles.